The summed E-state index contributed by atoms with van der Waals surface area (Å²) < 4.78 is 19.1. The summed E-state index contributed by atoms with van der Waals surface area (Å²) in [6.45, 7) is 5.01. The topological polar surface area (TPSA) is 60.2 Å². The lowest BCUT2D eigenvalue weighted by Gasteiger charge is -2.12. The Hall–Kier alpha value is -2.30. The highest BCUT2D eigenvalue weighted by Crippen LogP contribution is 2.22. The van der Waals surface area contributed by atoms with E-state index in [1.165, 1.54) is 6.07 Å². The van der Waals surface area contributed by atoms with Crippen LogP contribution in [0.5, 0.6) is 5.88 Å². The van der Waals surface area contributed by atoms with Gasteiger partial charge in [-0.2, -0.15) is 4.98 Å². The van der Waals surface area contributed by atoms with Crippen molar-refractivity contribution in [2.24, 2.45) is 5.92 Å². The molecule has 0 bridgehead atoms. The van der Waals surface area contributed by atoms with Gasteiger partial charge >= 0.3 is 0 Å². The molecule has 0 aliphatic heterocycles. The summed E-state index contributed by atoms with van der Waals surface area (Å²) in [6.07, 6.45) is 0. The normalized spacial score (nSPS) is 10.7. The fraction of sp³-hybridized carbons (Fsp3) is 0.312. The summed E-state index contributed by atoms with van der Waals surface area (Å²) in [4.78, 5) is 4.31. The minimum atomic E-state index is -0.239. The summed E-state index contributed by atoms with van der Waals surface area (Å²) in [6, 6.07) is 10.1. The van der Waals surface area contributed by atoms with E-state index in [0.29, 0.717) is 42.0 Å². The van der Waals surface area contributed by atoms with E-state index in [9.17, 15) is 4.39 Å². The molecule has 5 heteroatoms. The number of nitrogen functional groups attached to an aromatic ring is 1. The molecule has 0 radical (unpaired) electrons. The van der Waals surface area contributed by atoms with E-state index in [1.807, 2.05) is 0 Å². The maximum absolute atomic E-state index is 13.5. The van der Waals surface area contributed by atoms with Gasteiger partial charge in [0, 0.05) is 12.1 Å². The van der Waals surface area contributed by atoms with Gasteiger partial charge in [-0.05, 0) is 24.1 Å². The fourth-order valence-corrected chi connectivity index (χ4v) is 1.74. The second-order valence-corrected chi connectivity index (χ2v) is 5.24. The van der Waals surface area contributed by atoms with Crippen LogP contribution >= 0.6 is 0 Å². The van der Waals surface area contributed by atoms with Crippen LogP contribution < -0.4 is 15.8 Å². The minimum Gasteiger partial charge on any atom is -0.476 e. The summed E-state index contributed by atoms with van der Waals surface area (Å²) in [5.41, 5.74) is 6.91. The highest BCUT2D eigenvalue weighted by Gasteiger charge is 2.06. The molecule has 0 saturated carbocycles. The largest absolute Gasteiger partial charge is 0.476 e. The molecule has 21 heavy (non-hydrogen) atoms. The number of pyridine rings is 1. The molecule has 0 atom stereocenters. The lowest BCUT2D eigenvalue weighted by Crippen LogP contribution is -2.09. The zero-order chi connectivity index (χ0) is 15.2. The van der Waals surface area contributed by atoms with Gasteiger partial charge in [0.15, 0.2) is 0 Å². The second kappa shape index (κ2) is 6.92. The first-order valence-electron chi connectivity index (χ1n) is 6.93. The number of aromatic nitrogens is 1. The van der Waals surface area contributed by atoms with Crippen molar-refractivity contribution in [2.75, 3.05) is 17.7 Å². The van der Waals surface area contributed by atoms with Crippen LogP contribution in [0.1, 0.15) is 19.4 Å². The Balaban J connectivity index is 2.03. The van der Waals surface area contributed by atoms with E-state index in [4.69, 9.17) is 10.5 Å². The molecule has 1 aromatic carbocycles. The van der Waals surface area contributed by atoms with Crippen LogP contribution in [0, 0.1) is 11.7 Å². The molecule has 4 nitrogen and oxygen atoms in total. The number of nitrogens with zero attached hydrogens (tertiary/aromatic N) is 1. The first-order chi connectivity index (χ1) is 10.1. The molecule has 0 aliphatic rings. The number of anilines is 2. The number of hydrogen-bond donors (Lipinski definition) is 2. The van der Waals surface area contributed by atoms with Gasteiger partial charge in [0.05, 0.1) is 12.3 Å². The van der Waals surface area contributed by atoms with Crippen LogP contribution in [-0.2, 0) is 6.54 Å². The van der Waals surface area contributed by atoms with Crippen molar-refractivity contribution in [3.05, 3.63) is 47.8 Å². The van der Waals surface area contributed by atoms with Crippen molar-refractivity contribution in [1.29, 1.82) is 0 Å². The molecule has 0 amide bonds. The predicted molar refractivity (Wildman–Crippen MR) is 82.7 cm³/mol. The molecular formula is C16H20FN3O. The van der Waals surface area contributed by atoms with Gasteiger partial charge < -0.3 is 15.8 Å². The van der Waals surface area contributed by atoms with E-state index in [0.717, 1.165) is 0 Å². The van der Waals surface area contributed by atoms with Crippen LogP contribution in [-0.4, -0.2) is 11.6 Å². The molecule has 3 N–H and O–H groups in total. The molecule has 0 saturated heterocycles. The van der Waals surface area contributed by atoms with Gasteiger partial charge in [-0.15, -0.1) is 0 Å². The number of benzene rings is 1. The van der Waals surface area contributed by atoms with E-state index in [2.05, 4.69) is 24.1 Å². The van der Waals surface area contributed by atoms with Gasteiger partial charge in [0.1, 0.15) is 11.6 Å². The molecule has 2 aromatic rings. The first-order valence-corrected chi connectivity index (χ1v) is 6.93. The SMILES string of the molecule is CC(C)COc1nc(NCc2ccccc2F)ccc1N. The Kier molecular flexibility index (Phi) is 4.98. The molecule has 0 spiro atoms. The number of rotatable bonds is 6. The maximum Gasteiger partial charge on any atom is 0.239 e. The van der Waals surface area contributed by atoms with Crippen LogP contribution in [0.4, 0.5) is 15.9 Å². The van der Waals surface area contributed by atoms with Crippen LogP contribution in [0.25, 0.3) is 0 Å². The Labute approximate surface area is 124 Å². The average molecular weight is 289 g/mol. The molecule has 0 aliphatic carbocycles. The molecule has 1 heterocycles. The molecular weight excluding hydrogens is 269 g/mol. The molecule has 2 rings (SSSR count). The molecule has 0 unspecified atom stereocenters. The zero-order valence-electron chi connectivity index (χ0n) is 12.3. The first kappa shape index (κ1) is 15.1. The quantitative estimate of drug-likeness (QED) is 0.855. The van der Waals surface area contributed by atoms with E-state index in [1.54, 1.807) is 30.3 Å². The third-order valence-electron chi connectivity index (χ3n) is 2.86. The standard InChI is InChI=1S/C16H20FN3O/c1-11(2)10-21-16-14(18)7-8-15(20-16)19-9-12-5-3-4-6-13(12)17/h3-8,11H,9-10,18H2,1-2H3,(H,19,20). The smallest absolute Gasteiger partial charge is 0.239 e. The number of ether oxygens (including phenoxy) is 1. The van der Waals surface area contributed by atoms with Crippen molar-refractivity contribution >= 4 is 11.5 Å². The number of hydrogen-bond acceptors (Lipinski definition) is 4. The van der Waals surface area contributed by atoms with Crippen LogP contribution in [0.2, 0.25) is 0 Å². The lowest BCUT2D eigenvalue weighted by atomic mass is 10.2. The van der Waals surface area contributed by atoms with Gasteiger partial charge in [0.2, 0.25) is 5.88 Å². The molecule has 1 aromatic heterocycles. The predicted octanol–water partition coefficient (Wildman–Crippen LogP) is 3.45. The van der Waals surface area contributed by atoms with Crippen LogP contribution in [0.15, 0.2) is 36.4 Å². The maximum atomic E-state index is 13.5. The van der Waals surface area contributed by atoms with Gasteiger partial charge in [-0.1, -0.05) is 32.0 Å². The van der Waals surface area contributed by atoms with E-state index < -0.39 is 0 Å². The number of nitrogens with two attached hydrogens (primary N) is 1. The summed E-state index contributed by atoms with van der Waals surface area (Å²) >= 11 is 0. The number of halogens is 1. The van der Waals surface area contributed by atoms with Crippen LogP contribution in [0.3, 0.4) is 0 Å². The van der Waals surface area contributed by atoms with E-state index in [-0.39, 0.29) is 5.82 Å². The third-order valence-corrected chi connectivity index (χ3v) is 2.86. The lowest BCUT2D eigenvalue weighted by molar-refractivity contribution is 0.263. The van der Waals surface area contributed by atoms with Crippen molar-refractivity contribution in [2.45, 2.75) is 20.4 Å². The van der Waals surface area contributed by atoms with Gasteiger partial charge in [-0.3, -0.25) is 0 Å². The van der Waals surface area contributed by atoms with Crippen molar-refractivity contribution in [3.8, 4) is 5.88 Å². The minimum absolute atomic E-state index is 0.239. The average Bonchev–Trinajstić information content (AvgIpc) is 2.46. The van der Waals surface area contributed by atoms with Crippen molar-refractivity contribution < 1.29 is 9.13 Å². The molecule has 0 fully saturated rings. The van der Waals surface area contributed by atoms with Gasteiger partial charge in [0.25, 0.3) is 0 Å². The summed E-state index contributed by atoms with van der Waals surface area (Å²) in [7, 11) is 0. The summed E-state index contributed by atoms with van der Waals surface area (Å²) in [5, 5.41) is 3.07. The number of nitrogens with one attached hydrogen (secondary N) is 1. The Morgan fingerprint density at radius 1 is 1.24 bits per heavy atom. The van der Waals surface area contributed by atoms with E-state index >= 15 is 0 Å². The van der Waals surface area contributed by atoms with Crippen molar-refractivity contribution in [1.82, 2.24) is 4.98 Å². The highest BCUT2D eigenvalue weighted by molar-refractivity contribution is 5.53. The van der Waals surface area contributed by atoms with Gasteiger partial charge in [-0.25, -0.2) is 4.39 Å². The Morgan fingerprint density at radius 3 is 2.71 bits per heavy atom. The second-order valence-electron chi connectivity index (χ2n) is 5.24. The van der Waals surface area contributed by atoms with Crippen molar-refractivity contribution in [3.63, 3.8) is 0 Å². The highest BCUT2D eigenvalue weighted by atomic mass is 19.1. The molecule has 112 valence electrons. The zero-order valence-corrected chi connectivity index (χ0v) is 12.3. The monoisotopic (exact) mass is 289 g/mol. The Morgan fingerprint density at radius 2 is 2.00 bits per heavy atom. The third kappa shape index (κ3) is 4.34. The Bertz CT molecular complexity index is 602. The fourth-order valence-electron chi connectivity index (χ4n) is 1.74. The summed E-state index contributed by atoms with van der Waals surface area (Å²) in [5.74, 6) is 1.16.